The van der Waals surface area contributed by atoms with Gasteiger partial charge in [0.25, 0.3) is 0 Å². The lowest BCUT2D eigenvalue weighted by molar-refractivity contribution is -0.126. The fourth-order valence-electron chi connectivity index (χ4n) is 7.17. The van der Waals surface area contributed by atoms with Crippen LogP contribution < -0.4 is 20.7 Å². The van der Waals surface area contributed by atoms with Crippen molar-refractivity contribution < 1.29 is 35.6 Å². The van der Waals surface area contributed by atoms with Gasteiger partial charge in [0, 0.05) is 39.8 Å². The zero-order valence-corrected chi connectivity index (χ0v) is 28.3. The van der Waals surface area contributed by atoms with E-state index in [-0.39, 0.29) is 47.9 Å². The van der Waals surface area contributed by atoms with Gasteiger partial charge in [-0.3, -0.25) is 9.59 Å². The Labute approximate surface area is 277 Å². The van der Waals surface area contributed by atoms with Gasteiger partial charge in [-0.1, -0.05) is 69.1 Å². The third-order valence-electron chi connectivity index (χ3n) is 9.05. The monoisotopic (exact) mass is 710 g/mol. The number of anilines is 1. The molecule has 1 aromatic carbocycles. The average molecular weight is 712 g/mol. The molecule has 2 amide bonds. The molecule has 1 unspecified atom stereocenters. The molecule has 1 saturated carbocycles. The smallest absolute Gasteiger partial charge is 0.352 e. The number of allylic oxidation sites excluding steroid dienone is 4. The van der Waals surface area contributed by atoms with E-state index in [1.165, 1.54) is 6.08 Å². The predicted octanol–water partition coefficient (Wildman–Crippen LogP) is 6.07. The number of hydrogen-bond donors (Lipinski definition) is 4. The van der Waals surface area contributed by atoms with Crippen LogP contribution in [0, 0.1) is 17.3 Å². The summed E-state index contributed by atoms with van der Waals surface area (Å²) < 4.78 is 76.5. The van der Waals surface area contributed by atoms with Crippen molar-refractivity contribution >= 4 is 50.7 Å². The maximum Gasteiger partial charge on any atom is 0.511 e. The molecule has 4 N–H and O–H groups in total. The van der Waals surface area contributed by atoms with E-state index in [1.807, 2.05) is 27.7 Å². The predicted molar refractivity (Wildman–Crippen MR) is 171 cm³/mol. The fourth-order valence-corrected chi connectivity index (χ4v) is 8.23. The molecule has 3 aliphatic rings. The lowest BCUT2D eigenvalue weighted by Crippen LogP contribution is -2.53. The van der Waals surface area contributed by atoms with Crippen LogP contribution in [0.2, 0.25) is 5.02 Å². The van der Waals surface area contributed by atoms with E-state index in [0.29, 0.717) is 22.7 Å². The van der Waals surface area contributed by atoms with Crippen molar-refractivity contribution in [3.63, 3.8) is 0 Å². The topological polar surface area (TPSA) is 116 Å². The summed E-state index contributed by atoms with van der Waals surface area (Å²) in [6, 6.07) is 2.51. The number of fused-ring (bicyclic) bond motifs is 2. The lowest BCUT2D eigenvalue weighted by atomic mass is 9.61. The van der Waals surface area contributed by atoms with Gasteiger partial charge < -0.3 is 16.0 Å². The summed E-state index contributed by atoms with van der Waals surface area (Å²) in [4.78, 5) is 28.3. The second-order valence-electron chi connectivity index (χ2n) is 13.6. The molecule has 2 aliphatic heterocycles. The van der Waals surface area contributed by atoms with Crippen molar-refractivity contribution in [3.05, 3.63) is 52.0 Å². The number of carbonyl (C=O) groups is 2. The van der Waals surface area contributed by atoms with E-state index >= 15 is 0 Å². The van der Waals surface area contributed by atoms with Crippen LogP contribution in [0.4, 0.5) is 23.2 Å². The van der Waals surface area contributed by atoms with Crippen LogP contribution in [0.25, 0.3) is 0 Å². The highest BCUT2D eigenvalue weighted by Crippen LogP contribution is 2.55. The van der Waals surface area contributed by atoms with Gasteiger partial charge in [-0.25, -0.2) is 17.5 Å². The molecule has 1 aliphatic carbocycles. The summed E-state index contributed by atoms with van der Waals surface area (Å²) in [6.45, 7) is 7.15. The quantitative estimate of drug-likeness (QED) is 0.183. The molecule has 2 heterocycles. The number of sulfonamides is 1. The Morgan fingerprint density at radius 3 is 2.37 bits per heavy atom. The third-order valence-corrected chi connectivity index (χ3v) is 10.8. The minimum Gasteiger partial charge on any atom is -0.352 e. The molecule has 0 aromatic heterocycles. The molecule has 0 radical (unpaired) electrons. The molecule has 1 aromatic rings. The van der Waals surface area contributed by atoms with Crippen LogP contribution in [0.1, 0.15) is 65.4 Å². The lowest BCUT2D eigenvalue weighted by Gasteiger charge is -2.39. The zero-order chi connectivity index (χ0) is 34.2. The highest BCUT2D eigenvalue weighted by Gasteiger charge is 2.66. The molecule has 256 valence electrons. The summed E-state index contributed by atoms with van der Waals surface area (Å²) >= 11 is 12.2. The van der Waals surface area contributed by atoms with Crippen molar-refractivity contribution in [2.45, 2.75) is 94.9 Å². The molecule has 5 atom stereocenters. The number of halogens is 6. The van der Waals surface area contributed by atoms with Crippen LogP contribution in [0.3, 0.4) is 0 Å². The Morgan fingerprint density at radius 1 is 1.15 bits per heavy atom. The Morgan fingerprint density at radius 2 is 1.78 bits per heavy atom. The van der Waals surface area contributed by atoms with Crippen molar-refractivity contribution in [3.8, 4) is 0 Å². The Hall–Kier alpha value is -2.19. The van der Waals surface area contributed by atoms with E-state index < -0.39 is 63.6 Å². The molecular weight excluding hydrogens is 671 g/mol. The Balaban J connectivity index is 1.67. The molecule has 4 rings (SSSR count). The van der Waals surface area contributed by atoms with Crippen LogP contribution in [-0.2, 0) is 25.0 Å². The summed E-state index contributed by atoms with van der Waals surface area (Å²) in [5.41, 5.74) is -5.59. The number of hydrogen-bond acceptors (Lipinski definition) is 5. The molecule has 15 heteroatoms. The van der Waals surface area contributed by atoms with Gasteiger partial charge in [0.15, 0.2) is 0 Å². The number of alkyl halides is 4. The number of nitrogens with one attached hydrogen (secondary N) is 4. The van der Waals surface area contributed by atoms with Crippen LogP contribution in [0.15, 0.2) is 41.5 Å². The normalized spacial score (nSPS) is 29.7. The first-order valence-electron chi connectivity index (χ1n) is 15.2. The summed E-state index contributed by atoms with van der Waals surface area (Å²) in [5.74, 6) is -1.70. The van der Waals surface area contributed by atoms with E-state index in [0.717, 1.165) is 0 Å². The van der Waals surface area contributed by atoms with Crippen LogP contribution in [-0.4, -0.2) is 56.6 Å². The van der Waals surface area contributed by atoms with Crippen LogP contribution in [0.5, 0.6) is 0 Å². The van der Waals surface area contributed by atoms with E-state index in [4.69, 9.17) is 23.2 Å². The maximum atomic E-state index is 14.2. The first-order valence-corrected chi connectivity index (χ1v) is 17.4. The van der Waals surface area contributed by atoms with Crippen molar-refractivity contribution in [1.29, 1.82) is 0 Å². The first kappa shape index (κ1) is 36.6. The van der Waals surface area contributed by atoms with Gasteiger partial charge in [-0.15, -0.1) is 0 Å². The van der Waals surface area contributed by atoms with Crippen LogP contribution >= 0.6 is 23.2 Å². The number of amides is 2. The van der Waals surface area contributed by atoms with Crippen molar-refractivity contribution in [1.82, 2.24) is 15.4 Å². The molecule has 0 bridgehead atoms. The van der Waals surface area contributed by atoms with E-state index in [9.17, 15) is 35.6 Å². The van der Waals surface area contributed by atoms with Gasteiger partial charge in [0.1, 0.15) is 6.67 Å². The molecule has 8 nitrogen and oxygen atoms in total. The van der Waals surface area contributed by atoms with E-state index in [1.54, 1.807) is 35.1 Å². The molecule has 1 spiro atoms. The highest BCUT2D eigenvalue weighted by molar-refractivity contribution is 7.90. The molecule has 1 saturated heterocycles. The van der Waals surface area contributed by atoms with Gasteiger partial charge >= 0.3 is 15.5 Å². The standard InChI is InChI=1S/C31H40Cl2F4N4O4S/c1-17(6-5-7-19(33)16-34)25-26(27(42)38-20-9-11-21(12-10-20)41-46(44,45)31(35,36)37)40-24(15-29(2,3)4)30(25)22-13-8-18(32)14-23(22)39-28(30)43/h5-8,13-14,17,20-21,24-26,40-41H,9-12,15-16H2,1-4H3,(H,38,42)(H,39,43)/b6-5-,19-7+/t17?,20-,21-,24-,25+,26-,30+/m1/s1. The van der Waals surface area contributed by atoms with Crippen molar-refractivity contribution in [2.75, 3.05) is 12.0 Å². The van der Waals surface area contributed by atoms with Gasteiger partial charge in [0.05, 0.1) is 11.5 Å². The molecule has 46 heavy (non-hydrogen) atoms. The van der Waals surface area contributed by atoms with Gasteiger partial charge in [-0.2, -0.15) is 13.2 Å². The first-order chi connectivity index (χ1) is 21.3. The second kappa shape index (κ2) is 13.7. The number of rotatable bonds is 9. The highest BCUT2D eigenvalue weighted by atomic mass is 35.5. The van der Waals surface area contributed by atoms with E-state index in [2.05, 4.69) is 16.0 Å². The number of carbonyl (C=O) groups excluding carboxylic acids is 2. The summed E-state index contributed by atoms with van der Waals surface area (Å²) in [7, 11) is -5.48. The SMILES string of the molecule is CC(/C=C\C=C(\Cl)CF)[C@H]1[C@H](C(=O)N[C@H]2CC[C@H](NS(=O)(=O)C(F)(F)F)CC2)N[C@H](CC(C)(C)C)[C@]12C(=O)Nc1cc(Cl)ccc12. The largest absolute Gasteiger partial charge is 0.511 e. The van der Waals surface area contributed by atoms with Crippen molar-refractivity contribution in [2.24, 2.45) is 17.3 Å². The third kappa shape index (κ3) is 7.59. The Kier molecular flexibility index (Phi) is 10.9. The zero-order valence-electron chi connectivity index (χ0n) is 26.0. The minimum absolute atomic E-state index is 0.00525. The fraction of sp³-hybridized carbons (Fsp3) is 0.613. The minimum atomic E-state index is -5.48. The average Bonchev–Trinajstić information content (AvgIpc) is 3.42. The maximum absolute atomic E-state index is 14.2. The summed E-state index contributed by atoms with van der Waals surface area (Å²) in [5, 5.41) is 9.94. The Bertz CT molecular complexity index is 1490. The molecule has 2 fully saturated rings. The summed E-state index contributed by atoms with van der Waals surface area (Å²) in [6.07, 6.45) is 6.06. The van der Waals surface area contributed by atoms with Gasteiger partial charge in [0.2, 0.25) is 11.8 Å². The molecular formula is C31H40Cl2F4N4O4S. The number of benzene rings is 1. The van der Waals surface area contributed by atoms with Gasteiger partial charge in [-0.05, 0) is 67.2 Å². The second-order valence-corrected chi connectivity index (χ2v) is 16.2.